The lowest BCUT2D eigenvalue weighted by atomic mass is 9.95. The number of thiophene rings is 1. The number of rotatable bonds is 7. The van der Waals surface area contributed by atoms with Gasteiger partial charge in [-0.1, -0.05) is 164 Å². The molecule has 0 saturated carbocycles. The molecule has 0 radical (unpaired) electrons. The van der Waals surface area contributed by atoms with Crippen LogP contribution in [0.4, 0.5) is 17.1 Å². The van der Waals surface area contributed by atoms with Gasteiger partial charge in [0.25, 0.3) is 0 Å². The van der Waals surface area contributed by atoms with E-state index in [2.05, 4.69) is 217 Å². The summed E-state index contributed by atoms with van der Waals surface area (Å²) in [7, 11) is 0. The van der Waals surface area contributed by atoms with Gasteiger partial charge in [0.1, 0.15) is 0 Å². The second kappa shape index (κ2) is 13.7. The van der Waals surface area contributed by atoms with Crippen LogP contribution in [-0.4, -0.2) is 0 Å². The summed E-state index contributed by atoms with van der Waals surface area (Å²) >= 11 is 1.86. The summed E-state index contributed by atoms with van der Waals surface area (Å²) < 4.78 is 2.59. The van der Waals surface area contributed by atoms with Gasteiger partial charge < -0.3 is 4.90 Å². The topological polar surface area (TPSA) is 3.24 Å². The molecule has 0 fully saturated rings. The highest BCUT2D eigenvalue weighted by Gasteiger charge is 2.19. The zero-order chi connectivity index (χ0) is 35.8. The van der Waals surface area contributed by atoms with Crippen LogP contribution < -0.4 is 4.90 Å². The summed E-state index contributed by atoms with van der Waals surface area (Å²) in [6.45, 7) is 0. The third-order valence-corrected chi connectivity index (χ3v) is 11.6. The Labute approximate surface area is 319 Å². The van der Waals surface area contributed by atoms with Crippen LogP contribution in [0.5, 0.6) is 0 Å². The molecule has 2 heteroatoms. The molecule has 0 aliphatic rings. The summed E-state index contributed by atoms with van der Waals surface area (Å²) in [5.41, 5.74) is 13.1. The van der Waals surface area contributed by atoms with Crippen LogP contribution >= 0.6 is 11.3 Å². The second-order valence-corrected chi connectivity index (χ2v) is 14.8. The fraction of sp³-hybridized carbons (Fsp3) is 0. The van der Waals surface area contributed by atoms with E-state index in [0.717, 1.165) is 11.4 Å². The first-order valence-electron chi connectivity index (χ1n) is 18.4. The molecule has 254 valence electrons. The minimum atomic E-state index is 1.12. The van der Waals surface area contributed by atoms with Crippen LogP contribution in [0.2, 0.25) is 0 Å². The van der Waals surface area contributed by atoms with Crippen molar-refractivity contribution in [1.29, 1.82) is 0 Å². The first-order chi connectivity index (χ1) is 26.8. The summed E-state index contributed by atoms with van der Waals surface area (Å²) in [5, 5.41) is 5.07. The normalized spacial score (nSPS) is 11.3. The van der Waals surface area contributed by atoms with E-state index in [1.165, 1.54) is 81.1 Å². The first kappa shape index (κ1) is 32.0. The van der Waals surface area contributed by atoms with Gasteiger partial charge >= 0.3 is 0 Å². The standard InChI is InChI=1S/C52H35NS/c1-3-12-36(13-4-1)37-24-26-38(27-25-37)41-16-9-18-45(35-41)53(49-21-11-23-51-52(49)48-19-7-8-22-50(48)54-51)44-31-28-39(29-32-44)42-30-33-47-43(34-42)17-10-20-46(47)40-14-5-2-6-15-40/h1-35H. The fourth-order valence-electron chi connectivity index (χ4n) is 7.82. The van der Waals surface area contributed by atoms with Gasteiger partial charge in [-0.2, -0.15) is 0 Å². The predicted octanol–water partition coefficient (Wildman–Crippen LogP) is 15.3. The zero-order valence-corrected chi connectivity index (χ0v) is 30.4. The Morgan fingerprint density at radius 2 is 0.870 bits per heavy atom. The Bertz CT molecular complexity index is 2910. The maximum absolute atomic E-state index is 2.43. The van der Waals surface area contributed by atoms with E-state index >= 15 is 0 Å². The predicted molar refractivity (Wildman–Crippen MR) is 233 cm³/mol. The molecule has 0 spiro atoms. The van der Waals surface area contributed by atoms with Crippen molar-refractivity contribution in [2.75, 3.05) is 4.90 Å². The SMILES string of the molecule is c1ccc(-c2ccc(-c3cccc(N(c4ccc(-c5ccc6c(-c7ccccc7)cccc6c5)cc4)c4cccc5sc6ccccc6c45)c3)cc2)cc1. The molecule has 0 bridgehead atoms. The number of anilines is 3. The maximum atomic E-state index is 2.43. The lowest BCUT2D eigenvalue weighted by Crippen LogP contribution is -2.10. The van der Waals surface area contributed by atoms with E-state index in [1.54, 1.807) is 0 Å². The second-order valence-electron chi connectivity index (χ2n) is 13.7. The van der Waals surface area contributed by atoms with Crippen LogP contribution in [-0.2, 0) is 0 Å². The van der Waals surface area contributed by atoms with Gasteiger partial charge in [-0.15, -0.1) is 11.3 Å². The Morgan fingerprint density at radius 1 is 0.315 bits per heavy atom. The average molecular weight is 706 g/mol. The number of benzene rings is 9. The molecule has 0 saturated heterocycles. The molecule has 0 unspecified atom stereocenters. The van der Waals surface area contributed by atoms with Crippen LogP contribution in [0.25, 0.3) is 75.5 Å². The smallest absolute Gasteiger partial charge is 0.0554 e. The van der Waals surface area contributed by atoms with Crippen molar-refractivity contribution < 1.29 is 0 Å². The molecule has 0 amide bonds. The van der Waals surface area contributed by atoms with Crippen molar-refractivity contribution in [3.05, 3.63) is 212 Å². The molecular weight excluding hydrogens is 671 g/mol. The van der Waals surface area contributed by atoms with Crippen LogP contribution in [0.3, 0.4) is 0 Å². The maximum Gasteiger partial charge on any atom is 0.0554 e. The summed E-state index contributed by atoms with van der Waals surface area (Å²) in [4.78, 5) is 2.43. The van der Waals surface area contributed by atoms with Crippen LogP contribution in [0.1, 0.15) is 0 Å². The fourth-order valence-corrected chi connectivity index (χ4v) is 8.94. The summed E-state index contributed by atoms with van der Waals surface area (Å²) in [6.07, 6.45) is 0. The molecule has 1 heterocycles. The first-order valence-corrected chi connectivity index (χ1v) is 19.2. The highest BCUT2D eigenvalue weighted by Crippen LogP contribution is 2.45. The number of hydrogen-bond donors (Lipinski definition) is 0. The number of nitrogens with zero attached hydrogens (tertiary/aromatic N) is 1. The third kappa shape index (κ3) is 5.84. The van der Waals surface area contributed by atoms with E-state index in [0.29, 0.717) is 0 Å². The largest absolute Gasteiger partial charge is 0.310 e. The molecule has 0 N–H and O–H groups in total. The quantitative estimate of drug-likeness (QED) is 0.160. The average Bonchev–Trinajstić information content (AvgIpc) is 3.64. The Balaban J connectivity index is 1.07. The Morgan fingerprint density at radius 3 is 1.65 bits per heavy atom. The minimum absolute atomic E-state index is 1.12. The van der Waals surface area contributed by atoms with E-state index in [4.69, 9.17) is 0 Å². The van der Waals surface area contributed by atoms with Gasteiger partial charge in [0.15, 0.2) is 0 Å². The van der Waals surface area contributed by atoms with Crippen molar-refractivity contribution in [3.63, 3.8) is 0 Å². The molecule has 1 aromatic heterocycles. The lowest BCUT2D eigenvalue weighted by molar-refractivity contribution is 1.30. The van der Waals surface area contributed by atoms with Crippen molar-refractivity contribution in [1.82, 2.24) is 0 Å². The number of fused-ring (bicyclic) bond motifs is 4. The van der Waals surface area contributed by atoms with Crippen LogP contribution in [0.15, 0.2) is 212 Å². The van der Waals surface area contributed by atoms with Crippen molar-refractivity contribution >= 4 is 59.3 Å². The molecular formula is C52H35NS. The minimum Gasteiger partial charge on any atom is -0.310 e. The van der Waals surface area contributed by atoms with Gasteiger partial charge in [0, 0.05) is 31.5 Å². The van der Waals surface area contributed by atoms with E-state index in [9.17, 15) is 0 Å². The molecule has 0 aliphatic heterocycles. The van der Waals surface area contributed by atoms with Gasteiger partial charge in [0.05, 0.1) is 5.69 Å². The summed E-state index contributed by atoms with van der Waals surface area (Å²) in [5.74, 6) is 0. The Hall–Kier alpha value is -6.74. The van der Waals surface area contributed by atoms with Gasteiger partial charge in [-0.3, -0.25) is 0 Å². The van der Waals surface area contributed by atoms with E-state index in [-0.39, 0.29) is 0 Å². The Kier molecular flexibility index (Phi) is 8.09. The van der Waals surface area contributed by atoms with E-state index in [1.807, 2.05) is 11.3 Å². The molecule has 1 nitrogen and oxygen atoms in total. The molecule has 10 rings (SSSR count). The molecule has 9 aromatic carbocycles. The molecule has 10 aromatic rings. The van der Waals surface area contributed by atoms with Crippen molar-refractivity contribution in [3.8, 4) is 44.5 Å². The molecule has 0 atom stereocenters. The summed E-state index contributed by atoms with van der Waals surface area (Å²) in [6, 6.07) is 77.1. The van der Waals surface area contributed by atoms with Crippen LogP contribution in [0, 0.1) is 0 Å². The van der Waals surface area contributed by atoms with E-state index < -0.39 is 0 Å². The lowest BCUT2D eigenvalue weighted by Gasteiger charge is -2.27. The van der Waals surface area contributed by atoms with Gasteiger partial charge in [-0.05, 0) is 104 Å². The molecule has 0 aliphatic carbocycles. The third-order valence-electron chi connectivity index (χ3n) is 10.5. The monoisotopic (exact) mass is 705 g/mol. The van der Waals surface area contributed by atoms with Crippen molar-refractivity contribution in [2.45, 2.75) is 0 Å². The zero-order valence-electron chi connectivity index (χ0n) is 29.6. The number of hydrogen-bond acceptors (Lipinski definition) is 2. The highest BCUT2D eigenvalue weighted by molar-refractivity contribution is 7.26. The van der Waals surface area contributed by atoms with Crippen molar-refractivity contribution in [2.24, 2.45) is 0 Å². The molecule has 54 heavy (non-hydrogen) atoms. The van der Waals surface area contributed by atoms with Gasteiger partial charge in [-0.25, -0.2) is 0 Å². The van der Waals surface area contributed by atoms with Gasteiger partial charge in [0.2, 0.25) is 0 Å². The highest BCUT2D eigenvalue weighted by atomic mass is 32.1.